The first kappa shape index (κ1) is 12.4. The smallest absolute Gasteiger partial charge is 0.126 e. The summed E-state index contributed by atoms with van der Waals surface area (Å²) in [5.74, 6) is 1.91. The lowest BCUT2D eigenvalue weighted by molar-refractivity contribution is 0.298. The molecule has 1 aliphatic carbocycles. The van der Waals surface area contributed by atoms with Crippen LogP contribution in [-0.2, 0) is 6.54 Å². The molecule has 1 N–H and O–H groups in total. The molecule has 17 heavy (non-hydrogen) atoms. The molecule has 0 bridgehead atoms. The minimum Gasteiger partial charge on any atom is -0.493 e. The van der Waals surface area contributed by atoms with Crippen molar-refractivity contribution >= 4 is 0 Å². The zero-order valence-corrected chi connectivity index (χ0v) is 10.8. The highest BCUT2D eigenvalue weighted by Gasteiger charge is 2.20. The third kappa shape index (κ3) is 4.35. The summed E-state index contributed by atoms with van der Waals surface area (Å²) >= 11 is 0. The molecule has 0 amide bonds. The lowest BCUT2D eigenvalue weighted by Crippen LogP contribution is -2.22. The van der Waals surface area contributed by atoms with Crippen molar-refractivity contribution in [1.29, 1.82) is 0 Å². The summed E-state index contributed by atoms with van der Waals surface area (Å²) in [7, 11) is 0. The SMILES string of the molecule is CC(C)NCc1cnccc1OCCC1CC1. The maximum atomic E-state index is 5.84. The van der Waals surface area contributed by atoms with Crippen LogP contribution in [0.4, 0.5) is 0 Å². The van der Waals surface area contributed by atoms with Crippen molar-refractivity contribution in [2.45, 2.75) is 45.7 Å². The van der Waals surface area contributed by atoms with Gasteiger partial charge in [0.15, 0.2) is 0 Å². The van der Waals surface area contributed by atoms with Gasteiger partial charge in [-0.2, -0.15) is 0 Å². The van der Waals surface area contributed by atoms with Crippen LogP contribution in [0, 0.1) is 5.92 Å². The average molecular weight is 234 g/mol. The predicted octanol–water partition coefficient (Wildman–Crippen LogP) is 2.76. The Labute approximate surface area is 104 Å². The van der Waals surface area contributed by atoms with Crippen molar-refractivity contribution in [2.24, 2.45) is 5.92 Å². The second kappa shape index (κ2) is 6.01. The van der Waals surface area contributed by atoms with Gasteiger partial charge in [-0.1, -0.05) is 26.7 Å². The topological polar surface area (TPSA) is 34.2 Å². The molecule has 0 spiro atoms. The van der Waals surface area contributed by atoms with Gasteiger partial charge in [-0.3, -0.25) is 4.98 Å². The predicted molar refractivity (Wildman–Crippen MR) is 69.0 cm³/mol. The van der Waals surface area contributed by atoms with Crippen LogP contribution in [0.2, 0.25) is 0 Å². The molecule has 94 valence electrons. The first-order valence-electron chi connectivity index (χ1n) is 6.55. The highest BCUT2D eigenvalue weighted by Crippen LogP contribution is 2.32. The van der Waals surface area contributed by atoms with Crippen molar-refractivity contribution < 1.29 is 4.74 Å². The van der Waals surface area contributed by atoms with Crippen LogP contribution < -0.4 is 10.1 Å². The van der Waals surface area contributed by atoms with Crippen LogP contribution in [0.15, 0.2) is 18.5 Å². The van der Waals surface area contributed by atoms with Gasteiger partial charge >= 0.3 is 0 Å². The monoisotopic (exact) mass is 234 g/mol. The van der Waals surface area contributed by atoms with Crippen molar-refractivity contribution in [1.82, 2.24) is 10.3 Å². The summed E-state index contributed by atoms with van der Waals surface area (Å²) in [5.41, 5.74) is 1.15. The molecule has 3 nitrogen and oxygen atoms in total. The maximum absolute atomic E-state index is 5.84. The highest BCUT2D eigenvalue weighted by atomic mass is 16.5. The molecule has 0 atom stereocenters. The van der Waals surface area contributed by atoms with Crippen molar-refractivity contribution in [3.63, 3.8) is 0 Å². The van der Waals surface area contributed by atoms with E-state index in [1.165, 1.54) is 19.3 Å². The quantitative estimate of drug-likeness (QED) is 0.787. The Balaban J connectivity index is 1.84. The van der Waals surface area contributed by atoms with Gasteiger partial charge in [0.2, 0.25) is 0 Å². The Hall–Kier alpha value is -1.09. The number of hydrogen-bond donors (Lipinski definition) is 1. The minimum atomic E-state index is 0.481. The molecular formula is C14H22N2O. The molecule has 0 aromatic carbocycles. The zero-order chi connectivity index (χ0) is 12.1. The van der Waals surface area contributed by atoms with Crippen LogP contribution in [0.1, 0.15) is 38.7 Å². The van der Waals surface area contributed by atoms with Gasteiger partial charge in [-0.25, -0.2) is 0 Å². The van der Waals surface area contributed by atoms with Gasteiger partial charge in [-0.15, -0.1) is 0 Å². The van der Waals surface area contributed by atoms with E-state index in [1.54, 1.807) is 6.20 Å². The molecule has 1 aliphatic rings. The van der Waals surface area contributed by atoms with Crippen LogP contribution >= 0.6 is 0 Å². The molecule has 1 aromatic heterocycles. The number of nitrogens with zero attached hydrogens (tertiary/aromatic N) is 1. The van der Waals surface area contributed by atoms with Crippen molar-refractivity contribution in [3.8, 4) is 5.75 Å². The molecule has 3 heteroatoms. The van der Waals surface area contributed by atoms with Crippen molar-refractivity contribution in [2.75, 3.05) is 6.61 Å². The van der Waals surface area contributed by atoms with Crippen LogP contribution in [0.3, 0.4) is 0 Å². The number of aromatic nitrogens is 1. The third-order valence-corrected chi connectivity index (χ3v) is 3.04. The van der Waals surface area contributed by atoms with Gasteiger partial charge in [-0.05, 0) is 18.4 Å². The lowest BCUT2D eigenvalue weighted by atomic mass is 10.2. The molecule has 0 unspecified atom stereocenters. The van der Waals surface area contributed by atoms with Crippen molar-refractivity contribution in [3.05, 3.63) is 24.0 Å². The molecule has 1 saturated carbocycles. The highest BCUT2D eigenvalue weighted by molar-refractivity contribution is 5.29. The van der Waals surface area contributed by atoms with E-state index in [2.05, 4.69) is 24.1 Å². The van der Waals surface area contributed by atoms with E-state index in [9.17, 15) is 0 Å². The van der Waals surface area contributed by atoms with Gasteiger partial charge in [0.1, 0.15) is 5.75 Å². The molecule has 0 aliphatic heterocycles. The molecular weight excluding hydrogens is 212 g/mol. The summed E-state index contributed by atoms with van der Waals surface area (Å²) in [6, 6.07) is 2.44. The van der Waals surface area contributed by atoms with E-state index in [0.717, 1.165) is 30.4 Å². The summed E-state index contributed by atoms with van der Waals surface area (Å²) in [6.45, 7) is 5.95. The lowest BCUT2D eigenvalue weighted by Gasteiger charge is -2.13. The van der Waals surface area contributed by atoms with E-state index >= 15 is 0 Å². The van der Waals surface area contributed by atoms with Gasteiger partial charge in [0, 0.05) is 30.5 Å². The summed E-state index contributed by atoms with van der Waals surface area (Å²) < 4.78 is 5.84. The largest absolute Gasteiger partial charge is 0.493 e. The number of hydrogen-bond acceptors (Lipinski definition) is 3. The number of pyridine rings is 1. The number of ether oxygens (including phenoxy) is 1. The second-order valence-corrected chi connectivity index (χ2v) is 5.10. The number of nitrogens with one attached hydrogen (secondary N) is 1. The number of rotatable bonds is 7. The first-order chi connectivity index (χ1) is 8.25. The fourth-order valence-corrected chi connectivity index (χ4v) is 1.74. The standard InChI is InChI=1S/C14H22N2O/c1-11(2)16-10-13-9-15-7-5-14(13)17-8-6-12-3-4-12/h5,7,9,11-12,16H,3-4,6,8,10H2,1-2H3. The molecule has 1 fully saturated rings. The minimum absolute atomic E-state index is 0.481. The van der Waals surface area contributed by atoms with E-state index in [1.807, 2.05) is 12.3 Å². The molecule has 2 rings (SSSR count). The van der Waals surface area contributed by atoms with Gasteiger partial charge in [0.05, 0.1) is 6.61 Å². The fraction of sp³-hybridized carbons (Fsp3) is 0.643. The Morgan fingerprint density at radius 1 is 1.47 bits per heavy atom. The van der Waals surface area contributed by atoms with E-state index < -0.39 is 0 Å². The Morgan fingerprint density at radius 3 is 3.00 bits per heavy atom. The van der Waals surface area contributed by atoms with E-state index in [-0.39, 0.29) is 0 Å². The molecule has 1 aromatic rings. The third-order valence-electron chi connectivity index (χ3n) is 3.04. The van der Waals surface area contributed by atoms with Crippen LogP contribution in [0.5, 0.6) is 5.75 Å². The van der Waals surface area contributed by atoms with Crippen LogP contribution in [-0.4, -0.2) is 17.6 Å². The molecule has 0 saturated heterocycles. The summed E-state index contributed by atoms with van der Waals surface area (Å²) in [4.78, 5) is 4.16. The van der Waals surface area contributed by atoms with E-state index in [0.29, 0.717) is 6.04 Å². The van der Waals surface area contributed by atoms with Gasteiger partial charge < -0.3 is 10.1 Å². The first-order valence-corrected chi connectivity index (χ1v) is 6.55. The Kier molecular flexibility index (Phi) is 4.37. The average Bonchev–Trinajstić information content (AvgIpc) is 3.12. The maximum Gasteiger partial charge on any atom is 0.126 e. The van der Waals surface area contributed by atoms with Crippen LogP contribution in [0.25, 0.3) is 0 Å². The molecule has 1 heterocycles. The fourth-order valence-electron chi connectivity index (χ4n) is 1.74. The zero-order valence-electron chi connectivity index (χ0n) is 10.8. The Morgan fingerprint density at radius 2 is 2.29 bits per heavy atom. The summed E-state index contributed by atoms with van der Waals surface area (Å²) in [6.07, 6.45) is 7.66. The normalized spacial score (nSPS) is 15.2. The molecule has 0 radical (unpaired) electrons. The Bertz CT molecular complexity index is 348. The summed E-state index contributed by atoms with van der Waals surface area (Å²) in [5, 5.41) is 3.39. The second-order valence-electron chi connectivity index (χ2n) is 5.10. The van der Waals surface area contributed by atoms with E-state index in [4.69, 9.17) is 4.74 Å². The van der Waals surface area contributed by atoms with Gasteiger partial charge in [0.25, 0.3) is 0 Å².